The molecule has 0 aromatic carbocycles. The molecule has 0 N–H and O–H groups in total. The van der Waals surface area contributed by atoms with Gasteiger partial charge in [-0.05, 0) is 87.2 Å². The van der Waals surface area contributed by atoms with Gasteiger partial charge in [-0.15, -0.1) is 0 Å². The molecule has 0 aliphatic heterocycles. The molecule has 5 nitrogen and oxygen atoms in total. The fraction of sp³-hybridized carbons (Fsp3) is 0.731. The Bertz CT molecular complexity index is 884. The smallest absolute Gasteiger partial charge is 0.303 e. The first-order valence-corrected chi connectivity index (χ1v) is 11.7. The van der Waals surface area contributed by atoms with Gasteiger partial charge in [0, 0.05) is 19.3 Å². The monoisotopic (exact) mass is 428 g/mol. The second-order valence-electron chi connectivity index (χ2n) is 10.8. The van der Waals surface area contributed by atoms with Crippen molar-refractivity contribution in [2.24, 2.45) is 28.6 Å². The fourth-order valence-electron chi connectivity index (χ4n) is 7.92. The quantitative estimate of drug-likeness (QED) is 0.596. The number of Topliss-reactive ketones (excluding diaryl/α,β-unsaturated/α-hetero) is 1. The minimum atomic E-state index is -1.000. The van der Waals surface area contributed by atoms with Crippen LogP contribution in [-0.4, -0.2) is 29.4 Å². The van der Waals surface area contributed by atoms with Gasteiger partial charge in [0.15, 0.2) is 11.4 Å². The lowest BCUT2D eigenvalue weighted by Gasteiger charge is -2.58. The largest absolute Gasteiger partial charge is 0.458 e. The van der Waals surface area contributed by atoms with Gasteiger partial charge in [0.05, 0.1) is 0 Å². The number of carbonyl (C=O) groups is 3. The Morgan fingerprint density at radius 2 is 1.58 bits per heavy atom. The van der Waals surface area contributed by atoms with E-state index >= 15 is 0 Å². The third kappa shape index (κ3) is 3.14. The molecule has 0 saturated heterocycles. The van der Waals surface area contributed by atoms with Crippen LogP contribution < -0.4 is 0 Å². The van der Waals surface area contributed by atoms with E-state index in [0.29, 0.717) is 24.2 Å². The van der Waals surface area contributed by atoms with Gasteiger partial charge in [0.2, 0.25) is 0 Å². The Balaban J connectivity index is 1.73. The van der Waals surface area contributed by atoms with Crippen LogP contribution in [0.1, 0.15) is 80.1 Å². The molecule has 2 saturated carbocycles. The lowest BCUT2D eigenvalue weighted by Crippen LogP contribution is -2.58. The third-order valence-electron chi connectivity index (χ3n) is 9.26. The number of allylic oxidation sites excluding steroid dienone is 3. The van der Waals surface area contributed by atoms with Gasteiger partial charge in [-0.3, -0.25) is 14.4 Å². The minimum absolute atomic E-state index is 0.0173. The van der Waals surface area contributed by atoms with E-state index in [2.05, 4.69) is 32.9 Å². The van der Waals surface area contributed by atoms with Crippen LogP contribution in [0.3, 0.4) is 0 Å². The van der Waals surface area contributed by atoms with E-state index in [-0.39, 0.29) is 34.7 Å². The molecular weight excluding hydrogens is 392 g/mol. The van der Waals surface area contributed by atoms with Crippen molar-refractivity contribution < 1.29 is 23.9 Å². The zero-order valence-corrected chi connectivity index (χ0v) is 19.7. The summed E-state index contributed by atoms with van der Waals surface area (Å²) in [5, 5.41) is 0. The van der Waals surface area contributed by atoms with Crippen LogP contribution in [0.2, 0.25) is 0 Å². The van der Waals surface area contributed by atoms with Crippen molar-refractivity contribution in [3.8, 4) is 0 Å². The lowest BCUT2D eigenvalue weighted by molar-refractivity contribution is -0.185. The van der Waals surface area contributed by atoms with E-state index in [1.807, 2.05) is 0 Å². The Morgan fingerprint density at radius 3 is 2.19 bits per heavy atom. The van der Waals surface area contributed by atoms with E-state index in [0.717, 1.165) is 32.1 Å². The van der Waals surface area contributed by atoms with Crippen LogP contribution in [0.4, 0.5) is 0 Å². The van der Waals surface area contributed by atoms with Gasteiger partial charge >= 0.3 is 11.9 Å². The van der Waals surface area contributed by atoms with E-state index in [1.165, 1.54) is 25.0 Å². The lowest BCUT2D eigenvalue weighted by atomic mass is 9.47. The highest BCUT2D eigenvalue weighted by molar-refractivity contribution is 5.89. The predicted octanol–water partition coefficient (Wildman–Crippen LogP) is 4.94. The van der Waals surface area contributed by atoms with Gasteiger partial charge in [0.25, 0.3) is 0 Å². The number of ketones is 1. The van der Waals surface area contributed by atoms with Crippen LogP contribution >= 0.6 is 0 Å². The zero-order chi connectivity index (χ0) is 22.8. The Labute approximate surface area is 185 Å². The second-order valence-corrected chi connectivity index (χ2v) is 10.8. The van der Waals surface area contributed by atoms with Crippen molar-refractivity contribution in [1.82, 2.24) is 0 Å². The molecule has 31 heavy (non-hydrogen) atoms. The van der Waals surface area contributed by atoms with Crippen molar-refractivity contribution in [3.05, 3.63) is 23.3 Å². The normalized spacial score (nSPS) is 43.5. The first kappa shape index (κ1) is 22.3. The van der Waals surface area contributed by atoms with Crippen molar-refractivity contribution in [2.75, 3.05) is 0 Å². The summed E-state index contributed by atoms with van der Waals surface area (Å²) < 4.78 is 11.4. The highest BCUT2D eigenvalue weighted by atomic mass is 16.6. The molecule has 0 unspecified atom stereocenters. The molecule has 0 spiro atoms. The molecule has 0 bridgehead atoms. The molecular formula is C26H36O5. The molecule has 0 radical (unpaired) electrons. The summed E-state index contributed by atoms with van der Waals surface area (Å²) in [4.78, 5) is 36.3. The highest BCUT2D eigenvalue weighted by Crippen LogP contribution is 2.68. The van der Waals surface area contributed by atoms with Crippen molar-refractivity contribution in [3.63, 3.8) is 0 Å². The van der Waals surface area contributed by atoms with Crippen molar-refractivity contribution in [2.45, 2.75) is 91.8 Å². The Morgan fingerprint density at radius 1 is 0.903 bits per heavy atom. The maximum atomic E-state index is 12.9. The summed E-state index contributed by atoms with van der Waals surface area (Å²) in [6.07, 6.45) is 9.69. The number of fused-ring (bicyclic) bond motifs is 5. The fourth-order valence-corrected chi connectivity index (χ4v) is 7.92. The van der Waals surface area contributed by atoms with E-state index < -0.39 is 5.60 Å². The van der Waals surface area contributed by atoms with Crippen LogP contribution in [-0.2, 0) is 23.9 Å². The molecule has 4 aliphatic carbocycles. The van der Waals surface area contributed by atoms with Gasteiger partial charge in [-0.2, -0.15) is 0 Å². The molecule has 4 rings (SSSR count). The maximum absolute atomic E-state index is 12.9. The van der Waals surface area contributed by atoms with Crippen LogP contribution in [0.25, 0.3) is 0 Å². The molecule has 5 heteroatoms. The molecule has 170 valence electrons. The number of ether oxygens (including phenoxy) is 2. The molecule has 0 aromatic rings. The molecule has 0 aromatic heterocycles. The summed E-state index contributed by atoms with van der Waals surface area (Å²) in [6, 6.07) is 0. The van der Waals surface area contributed by atoms with Crippen LogP contribution in [0, 0.1) is 28.6 Å². The third-order valence-corrected chi connectivity index (χ3v) is 9.26. The average molecular weight is 429 g/mol. The van der Waals surface area contributed by atoms with Crippen LogP contribution in [0.5, 0.6) is 0 Å². The molecule has 7 atom stereocenters. The van der Waals surface area contributed by atoms with E-state index in [1.54, 1.807) is 6.92 Å². The molecule has 0 heterocycles. The van der Waals surface area contributed by atoms with Gasteiger partial charge in [0.1, 0.15) is 6.10 Å². The summed E-state index contributed by atoms with van der Waals surface area (Å²) in [7, 11) is 0. The summed E-state index contributed by atoms with van der Waals surface area (Å²) >= 11 is 0. The Hall–Kier alpha value is -1.91. The molecule has 4 aliphatic rings. The highest BCUT2D eigenvalue weighted by Gasteiger charge is 2.67. The number of esters is 2. The van der Waals surface area contributed by atoms with Gasteiger partial charge < -0.3 is 9.47 Å². The zero-order valence-electron chi connectivity index (χ0n) is 19.7. The number of hydrogen-bond acceptors (Lipinski definition) is 5. The summed E-state index contributed by atoms with van der Waals surface area (Å²) in [5.74, 6) is 0.550. The first-order valence-electron chi connectivity index (χ1n) is 11.7. The predicted molar refractivity (Wildman–Crippen MR) is 117 cm³/mol. The minimum Gasteiger partial charge on any atom is -0.458 e. The first-order chi connectivity index (χ1) is 14.4. The van der Waals surface area contributed by atoms with Gasteiger partial charge in [-0.25, -0.2) is 0 Å². The van der Waals surface area contributed by atoms with Crippen LogP contribution in [0.15, 0.2) is 23.3 Å². The van der Waals surface area contributed by atoms with Gasteiger partial charge in [-0.1, -0.05) is 25.5 Å². The maximum Gasteiger partial charge on any atom is 0.303 e. The number of carbonyl (C=O) groups excluding carboxylic acids is 3. The topological polar surface area (TPSA) is 69.7 Å². The van der Waals surface area contributed by atoms with E-state index in [4.69, 9.17) is 9.47 Å². The SMILES string of the molecule is CC(=O)O[C@H]1C=C2C(C)=C[C@@H]3[C@H](CC[C@@]4(C)[C@H]3CC[C@@]4(OC(C)=O)C(C)=O)[C@@]2(C)CC1. The summed E-state index contributed by atoms with van der Waals surface area (Å²) in [5.41, 5.74) is 1.29. The number of hydrogen-bond donors (Lipinski definition) is 0. The second kappa shape index (κ2) is 7.31. The van der Waals surface area contributed by atoms with Crippen molar-refractivity contribution >= 4 is 17.7 Å². The summed E-state index contributed by atoms with van der Waals surface area (Å²) in [6.45, 7) is 11.2. The Kier molecular flexibility index (Phi) is 5.26. The average Bonchev–Trinajstić information content (AvgIpc) is 2.96. The standard InChI is InChI=1S/C26H36O5/c1-15-13-20-21(24(5)10-7-19(14-23(15)24)30-17(3)28)8-11-25(6)22(20)9-12-26(25,16(2)27)31-18(4)29/h13-14,19-22H,7-12H2,1-6H3/t19-,20-,21+,22+,24-,25+,26-/m1/s1. The van der Waals surface area contributed by atoms with E-state index in [9.17, 15) is 14.4 Å². The number of rotatable bonds is 3. The van der Waals surface area contributed by atoms with Crippen molar-refractivity contribution in [1.29, 1.82) is 0 Å². The molecule has 2 fully saturated rings. The molecule has 0 amide bonds.